The van der Waals surface area contributed by atoms with E-state index in [0.29, 0.717) is 23.6 Å². The number of amides is 1. The van der Waals surface area contributed by atoms with Crippen LogP contribution in [0.1, 0.15) is 28.9 Å². The molecule has 3 rings (SSSR count). The number of anilines is 2. The number of nitrogens with zero attached hydrogens (tertiary/aromatic N) is 3. The van der Waals surface area contributed by atoms with Crippen molar-refractivity contribution in [3.8, 4) is 6.07 Å². The lowest BCUT2D eigenvalue weighted by molar-refractivity contribution is 0.102. The van der Waals surface area contributed by atoms with E-state index in [2.05, 4.69) is 20.6 Å². The molecule has 2 heterocycles. The minimum atomic E-state index is -0.354. The van der Waals surface area contributed by atoms with Crippen LogP contribution in [0.2, 0.25) is 0 Å². The van der Waals surface area contributed by atoms with Crippen molar-refractivity contribution in [1.82, 2.24) is 9.97 Å². The number of ether oxygens (including phenoxy) is 1. The van der Waals surface area contributed by atoms with Gasteiger partial charge in [0.1, 0.15) is 17.8 Å². The van der Waals surface area contributed by atoms with Crippen molar-refractivity contribution < 1.29 is 9.53 Å². The second-order valence-corrected chi connectivity index (χ2v) is 5.45. The Hall–Kier alpha value is -2.98. The first kappa shape index (κ1) is 15.9. The molecule has 2 aromatic rings. The van der Waals surface area contributed by atoms with Gasteiger partial charge in [0.2, 0.25) is 0 Å². The Bertz CT molecular complexity index is 766. The van der Waals surface area contributed by atoms with E-state index in [0.717, 1.165) is 19.4 Å². The van der Waals surface area contributed by atoms with E-state index in [1.807, 2.05) is 6.07 Å². The summed E-state index contributed by atoms with van der Waals surface area (Å²) in [6.07, 6.45) is 3.64. The molecule has 0 aliphatic carbocycles. The Labute approximate surface area is 139 Å². The number of nitrogens with one attached hydrogen (secondary N) is 2. The maximum Gasteiger partial charge on any atom is 0.274 e. The molecule has 0 bridgehead atoms. The fraction of sp³-hybridized carbons (Fsp3) is 0.294. The standard InChI is InChI=1S/C17H17N5O2/c18-9-12-3-1-4-13(7-12)22-17(23)15-8-16(21-11-20-15)19-10-14-5-2-6-24-14/h1,3-4,7-8,11,14H,2,5-6,10H2,(H,22,23)(H,19,20,21). The number of nitriles is 1. The molecule has 1 saturated heterocycles. The molecule has 7 heteroatoms. The molecule has 1 aromatic carbocycles. The fourth-order valence-electron chi connectivity index (χ4n) is 2.46. The van der Waals surface area contributed by atoms with Gasteiger partial charge in [-0.3, -0.25) is 4.79 Å². The molecular formula is C17H17N5O2. The van der Waals surface area contributed by atoms with Gasteiger partial charge in [0.15, 0.2) is 0 Å². The summed E-state index contributed by atoms with van der Waals surface area (Å²) in [6, 6.07) is 10.3. The number of hydrogen-bond acceptors (Lipinski definition) is 6. The lowest BCUT2D eigenvalue weighted by atomic mass is 10.2. The third-order valence-electron chi connectivity index (χ3n) is 3.68. The van der Waals surface area contributed by atoms with Crippen LogP contribution in [-0.2, 0) is 4.74 Å². The Morgan fingerprint density at radius 1 is 1.38 bits per heavy atom. The first-order chi connectivity index (χ1) is 11.7. The molecule has 24 heavy (non-hydrogen) atoms. The van der Waals surface area contributed by atoms with Crippen molar-refractivity contribution in [3.05, 3.63) is 47.9 Å². The highest BCUT2D eigenvalue weighted by atomic mass is 16.5. The molecule has 1 aliphatic heterocycles. The highest BCUT2D eigenvalue weighted by Crippen LogP contribution is 2.14. The van der Waals surface area contributed by atoms with Crippen LogP contribution in [0.5, 0.6) is 0 Å². The van der Waals surface area contributed by atoms with Gasteiger partial charge in [-0.25, -0.2) is 9.97 Å². The van der Waals surface area contributed by atoms with Crippen molar-refractivity contribution in [2.24, 2.45) is 0 Å². The molecule has 0 spiro atoms. The molecule has 7 nitrogen and oxygen atoms in total. The van der Waals surface area contributed by atoms with Gasteiger partial charge in [0.25, 0.3) is 5.91 Å². The monoisotopic (exact) mass is 323 g/mol. The van der Waals surface area contributed by atoms with Crippen LogP contribution >= 0.6 is 0 Å². The Balaban J connectivity index is 1.64. The van der Waals surface area contributed by atoms with E-state index in [9.17, 15) is 4.79 Å². The molecule has 1 fully saturated rings. The quantitative estimate of drug-likeness (QED) is 0.875. The number of carbonyl (C=O) groups is 1. The minimum absolute atomic E-state index is 0.186. The molecule has 1 atom stereocenters. The first-order valence-corrected chi connectivity index (χ1v) is 7.73. The largest absolute Gasteiger partial charge is 0.376 e. The fourth-order valence-corrected chi connectivity index (χ4v) is 2.46. The van der Waals surface area contributed by atoms with Crippen LogP contribution in [0.25, 0.3) is 0 Å². The Morgan fingerprint density at radius 3 is 3.08 bits per heavy atom. The molecule has 122 valence electrons. The second kappa shape index (κ2) is 7.53. The normalized spacial score (nSPS) is 16.4. The zero-order valence-corrected chi connectivity index (χ0v) is 13.0. The van der Waals surface area contributed by atoms with E-state index in [4.69, 9.17) is 10.00 Å². The average Bonchev–Trinajstić information content (AvgIpc) is 3.14. The summed E-state index contributed by atoms with van der Waals surface area (Å²) in [4.78, 5) is 20.4. The lowest BCUT2D eigenvalue weighted by Gasteiger charge is -2.11. The van der Waals surface area contributed by atoms with Gasteiger partial charge in [-0.2, -0.15) is 5.26 Å². The van der Waals surface area contributed by atoms with Gasteiger partial charge >= 0.3 is 0 Å². The molecule has 0 radical (unpaired) electrons. The molecule has 1 aliphatic rings. The first-order valence-electron chi connectivity index (χ1n) is 7.73. The van der Waals surface area contributed by atoms with Gasteiger partial charge < -0.3 is 15.4 Å². The summed E-state index contributed by atoms with van der Waals surface area (Å²) in [5.74, 6) is 0.226. The van der Waals surface area contributed by atoms with Crippen LogP contribution in [0, 0.1) is 11.3 Å². The summed E-state index contributed by atoms with van der Waals surface area (Å²) in [5, 5.41) is 14.8. The van der Waals surface area contributed by atoms with Gasteiger partial charge in [-0.05, 0) is 31.0 Å². The molecule has 1 aromatic heterocycles. The highest BCUT2D eigenvalue weighted by Gasteiger charge is 2.15. The lowest BCUT2D eigenvalue weighted by Crippen LogP contribution is -2.20. The van der Waals surface area contributed by atoms with E-state index in [1.54, 1.807) is 30.3 Å². The topological polar surface area (TPSA) is 99.9 Å². The summed E-state index contributed by atoms with van der Waals surface area (Å²) in [7, 11) is 0. The number of benzene rings is 1. The molecule has 0 saturated carbocycles. The molecule has 1 unspecified atom stereocenters. The van der Waals surface area contributed by atoms with E-state index < -0.39 is 0 Å². The highest BCUT2D eigenvalue weighted by molar-refractivity contribution is 6.03. The zero-order valence-electron chi connectivity index (χ0n) is 13.0. The van der Waals surface area contributed by atoms with Gasteiger partial charge in [-0.1, -0.05) is 6.07 Å². The summed E-state index contributed by atoms with van der Waals surface area (Å²) in [6.45, 7) is 1.45. The smallest absolute Gasteiger partial charge is 0.274 e. The third-order valence-corrected chi connectivity index (χ3v) is 3.68. The maximum atomic E-state index is 12.3. The Kier molecular flexibility index (Phi) is 4.99. The molecule has 1 amide bonds. The summed E-state index contributed by atoms with van der Waals surface area (Å²) < 4.78 is 5.54. The summed E-state index contributed by atoms with van der Waals surface area (Å²) in [5.41, 5.74) is 1.28. The molecular weight excluding hydrogens is 306 g/mol. The van der Waals surface area contributed by atoms with Gasteiger partial charge in [0.05, 0.1) is 17.7 Å². The predicted octanol–water partition coefficient (Wildman–Crippen LogP) is 2.19. The van der Waals surface area contributed by atoms with Crippen LogP contribution in [0.3, 0.4) is 0 Å². The Morgan fingerprint density at radius 2 is 2.29 bits per heavy atom. The van der Waals surface area contributed by atoms with Crippen LogP contribution in [0.15, 0.2) is 36.7 Å². The van der Waals surface area contributed by atoms with Crippen LogP contribution in [-0.4, -0.2) is 35.1 Å². The van der Waals surface area contributed by atoms with E-state index >= 15 is 0 Å². The number of carbonyl (C=O) groups excluding carboxylic acids is 1. The SMILES string of the molecule is N#Cc1cccc(NC(=O)c2cc(NCC3CCCO3)ncn2)c1. The number of hydrogen-bond donors (Lipinski definition) is 2. The van der Waals surface area contributed by atoms with Crippen molar-refractivity contribution in [2.75, 3.05) is 23.8 Å². The van der Waals surface area contributed by atoms with Crippen LogP contribution in [0.4, 0.5) is 11.5 Å². The van der Waals surface area contributed by atoms with Gasteiger partial charge in [-0.15, -0.1) is 0 Å². The zero-order chi connectivity index (χ0) is 16.8. The number of rotatable bonds is 5. The third kappa shape index (κ3) is 4.06. The van der Waals surface area contributed by atoms with Crippen LogP contribution < -0.4 is 10.6 Å². The number of aromatic nitrogens is 2. The van der Waals surface area contributed by atoms with Crippen molar-refractivity contribution in [1.29, 1.82) is 5.26 Å². The van der Waals surface area contributed by atoms with Gasteiger partial charge in [0, 0.05) is 24.9 Å². The average molecular weight is 323 g/mol. The van der Waals surface area contributed by atoms with E-state index in [-0.39, 0.29) is 17.7 Å². The van der Waals surface area contributed by atoms with Crippen molar-refractivity contribution >= 4 is 17.4 Å². The van der Waals surface area contributed by atoms with E-state index in [1.165, 1.54) is 6.33 Å². The predicted molar refractivity (Wildman–Crippen MR) is 88.6 cm³/mol. The van der Waals surface area contributed by atoms with Crippen molar-refractivity contribution in [3.63, 3.8) is 0 Å². The summed E-state index contributed by atoms with van der Waals surface area (Å²) >= 11 is 0. The second-order valence-electron chi connectivity index (χ2n) is 5.45. The minimum Gasteiger partial charge on any atom is -0.376 e. The van der Waals surface area contributed by atoms with Crippen molar-refractivity contribution in [2.45, 2.75) is 18.9 Å². The maximum absolute atomic E-state index is 12.3. The molecule has 2 N–H and O–H groups in total.